The Balaban J connectivity index is 1.40. The van der Waals surface area contributed by atoms with Crippen molar-refractivity contribution in [2.45, 2.75) is 56.9 Å². The second-order valence-electron chi connectivity index (χ2n) is 7.72. The lowest BCUT2D eigenvalue weighted by molar-refractivity contribution is -0.137. The molecule has 1 amide bonds. The maximum atomic E-state index is 12.8. The highest BCUT2D eigenvalue weighted by Crippen LogP contribution is 2.49. The molecule has 1 saturated heterocycles. The number of hydrogen-bond acceptors (Lipinski definition) is 4. The number of hydrogen-bond donors (Lipinski definition) is 1. The van der Waals surface area contributed by atoms with Gasteiger partial charge in [-0.15, -0.1) is 11.3 Å². The number of nitrogens with one attached hydrogen (secondary N) is 1. The third-order valence-electron chi connectivity index (χ3n) is 5.68. The molecule has 1 aromatic heterocycles. The van der Waals surface area contributed by atoms with Crippen LogP contribution in [0, 0.1) is 6.92 Å². The third-order valence-corrected chi connectivity index (χ3v) is 6.69. The van der Waals surface area contributed by atoms with Crippen LogP contribution in [-0.2, 0) is 12.7 Å². The molecule has 1 unspecified atom stereocenters. The summed E-state index contributed by atoms with van der Waals surface area (Å²) in [6, 6.07) is 10.3. The molecule has 1 aliphatic heterocycles. The van der Waals surface area contributed by atoms with Crippen LogP contribution >= 0.6 is 11.3 Å². The molecule has 2 aromatic rings. The second-order valence-corrected chi connectivity index (χ2v) is 8.92. The van der Waals surface area contributed by atoms with E-state index in [-0.39, 0.29) is 17.3 Å². The van der Waals surface area contributed by atoms with Crippen LogP contribution in [0.5, 0.6) is 0 Å². The summed E-state index contributed by atoms with van der Waals surface area (Å²) in [6.07, 6.45) is -0.703. The van der Waals surface area contributed by atoms with E-state index in [9.17, 15) is 18.0 Å². The quantitative estimate of drug-likeness (QED) is 0.814. The highest BCUT2D eigenvalue weighted by molar-refractivity contribution is 7.12. The maximum Gasteiger partial charge on any atom is 0.443 e. The normalized spacial score (nSPS) is 21.6. The number of aryl methyl sites for hydroxylation is 1. The van der Waals surface area contributed by atoms with Gasteiger partial charge in [0.1, 0.15) is 5.69 Å². The molecule has 2 fully saturated rings. The van der Waals surface area contributed by atoms with Crippen LogP contribution in [0.2, 0.25) is 0 Å². The number of nitrogens with zero attached hydrogens (tertiary/aromatic N) is 2. The average molecular weight is 409 g/mol. The van der Waals surface area contributed by atoms with Crippen LogP contribution in [0.1, 0.15) is 51.6 Å². The number of likely N-dealkylation sites (tertiary alicyclic amines) is 1. The zero-order chi connectivity index (χ0) is 19.9. The predicted molar refractivity (Wildman–Crippen MR) is 101 cm³/mol. The van der Waals surface area contributed by atoms with Crippen molar-refractivity contribution in [3.63, 3.8) is 0 Å². The number of amides is 1. The molecule has 1 spiro atoms. The molecule has 2 heterocycles. The average Bonchev–Trinajstić information content (AvgIpc) is 3.28. The van der Waals surface area contributed by atoms with Crippen molar-refractivity contribution in [3.8, 4) is 0 Å². The summed E-state index contributed by atoms with van der Waals surface area (Å²) >= 11 is 0.520. The molecule has 150 valence electrons. The van der Waals surface area contributed by atoms with Crippen molar-refractivity contribution in [1.29, 1.82) is 0 Å². The van der Waals surface area contributed by atoms with Gasteiger partial charge in [0.2, 0.25) is 0 Å². The third kappa shape index (κ3) is 3.93. The standard InChI is InChI=1S/C20H22F3N3OS/c1-13-16(25-18(28-13)20(21,22)23)17(27)24-15-7-10-26(19(11-15)8-9-19)12-14-5-3-2-4-6-14/h2-6,15H,7-12H2,1H3,(H,24,27). The van der Waals surface area contributed by atoms with Crippen LogP contribution in [-0.4, -0.2) is 33.9 Å². The van der Waals surface area contributed by atoms with E-state index in [1.807, 2.05) is 18.2 Å². The molecule has 1 N–H and O–H groups in total. The largest absolute Gasteiger partial charge is 0.443 e. The molecule has 8 heteroatoms. The summed E-state index contributed by atoms with van der Waals surface area (Å²) in [4.78, 5) is 18.9. The number of halogens is 3. The lowest BCUT2D eigenvalue weighted by atomic mass is 9.94. The minimum Gasteiger partial charge on any atom is -0.348 e. The number of alkyl halides is 3. The molecular weight excluding hydrogens is 387 g/mol. The Kier molecular flexibility index (Phi) is 4.95. The first-order chi connectivity index (χ1) is 13.3. The van der Waals surface area contributed by atoms with Crippen LogP contribution in [0.3, 0.4) is 0 Å². The Morgan fingerprint density at radius 3 is 2.64 bits per heavy atom. The molecule has 1 aromatic carbocycles. The molecule has 4 rings (SSSR count). The van der Waals surface area contributed by atoms with E-state index in [0.29, 0.717) is 16.2 Å². The van der Waals surface area contributed by atoms with Crippen molar-refractivity contribution in [2.75, 3.05) is 6.54 Å². The van der Waals surface area contributed by atoms with Gasteiger partial charge in [-0.05, 0) is 38.2 Å². The van der Waals surface area contributed by atoms with E-state index in [2.05, 4.69) is 27.3 Å². The van der Waals surface area contributed by atoms with Crippen molar-refractivity contribution < 1.29 is 18.0 Å². The fourth-order valence-electron chi connectivity index (χ4n) is 4.06. The van der Waals surface area contributed by atoms with Crippen LogP contribution in [0.15, 0.2) is 30.3 Å². The Morgan fingerprint density at radius 1 is 1.32 bits per heavy atom. The van der Waals surface area contributed by atoms with Gasteiger partial charge >= 0.3 is 6.18 Å². The summed E-state index contributed by atoms with van der Waals surface area (Å²) in [6.45, 7) is 3.26. The van der Waals surface area contributed by atoms with Crippen molar-refractivity contribution in [2.24, 2.45) is 0 Å². The monoisotopic (exact) mass is 409 g/mol. The number of thiazole rings is 1. The first-order valence-electron chi connectivity index (χ1n) is 9.41. The van der Waals surface area contributed by atoms with Gasteiger partial charge in [-0.2, -0.15) is 13.2 Å². The van der Waals surface area contributed by atoms with E-state index >= 15 is 0 Å². The molecule has 4 nitrogen and oxygen atoms in total. The van der Waals surface area contributed by atoms with E-state index < -0.39 is 17.1 Å². The van der Waals surface area contributed by atoms with Gasteiger partial charge in [0.05, 0.1) is 0 Å². The summed E-state index contributed by atoms with van der Waals surface area (Å²) in [7, 11) is 0. The number of rotatable bonds is 4. The Bertz CT molecular complexity index is 861. The lowest BCUT2D eigenvalue weighted by Crippen LogP contribution is -2.51. The zero-order valence-corrected chi connectivity index (χ0v) is 16.4. The fourth-order valence-corrected chi connectivity index (χ4v) is 4.84. The van der Waals surface area contributed by atoms with Gasteiger partial charge in [-0.1, -0.05) is 30.3 Å². The van der Waals surface area contributed by atoms with Crippen molar-refractivity contribution in [3.05, 3.63) is 51.5 Å². The number of benzene rings is 1. The lowest BCUT2D eigenvalue weighted by Gasteiger charge is -2.40. The summed E-state index contributed by atoms with van der Waals surface area (Å²) < 4.78 is 38.5. The molecule has 1 atom stereocenters. The molecule has 2 aliphatic rings. The minimum atomic E-state index is -4.52. The first-order valence-corrected chi connectivity index (χ1v) is 10.2. The van der Waals surface area contributed by atoms with Gasteiger partial charge < -0.3 is 5.32 Å². The van der Waals surface area contributed by atoms with Crippen LogP contribution < -0.4 is 5.32 Å². The van der Waals surface area contributed by atoms with Gasteiger partial charge in [-0.3, -0.25) is 9.69 Å². The van der Waals surface area contributed by atoms with Crippen LogP contribution in [0.25, 0.3) is 0 Å². The maximum absolute atomic E-state index is 12.8. The van der Waals surface area contributed by atoms with E-state index in [4.69, 9.17) is 0 Å². The summed E-state index contributed by atoms with van der Waals surface area (Å²) in [5.41, 5.74) is 1.28. The molecule has 28 heavy (non-hydrogen) atoms. The number of piperidine rings is 1. The number of carbonyl (C=O) groups excluding carboxylic acids is 1. The number of aromatic nitrogens is 1. The Labute approximate surface area is 165 Å². The Hall–Kier alpha value is -1.93. The molecular formula is C20H22F3N3OS. The van der Waals surface area contributed by atoms with Crippen LogP contribution in [0.4, 0.5) is 13.2 Å². The van der Waals surface area contributed by atoms with E-state index in [1.54, 1.807) is 0 Å². The fraction of sp³-hybridized carbons (Fsp3) is 0.500. The first kappa shape index (κ1) is 19.4. The van der Waals surface area contributed by atoms with E-state index in [1.165, 1.54) is 12.5 Å². The topological polar surface area (TPSA) is 45.2 Å². The molecule has 1 saturated carbocycles. The number of carbonyl (C=O) groups is 1. The Morgan fingerprint density at radius 2 is 2.04 bits per heavy atom. The van der Waals surface area contributed by atoms with E-state index in [0.717, 1.165) is 38.8 Å². The zero-order valence-electron chi connectivity index (χ0n) is 15.6. The van der Waals surface area contributed by atoms with Gasteiger partial charge in [0, 0.05) is 29.5 Å². The van der Waals surface area contributed by atoms with Gasteiger partial charge in [0.15, 0.2) is 5.01 Å². The van der Waals surface area contributed by atoms with Crippen molar-refractivity contribution in [1.82, 2.24) is 15.2 Å². The minimum absolute atomic E-state index is 0.0301. The molecule has 0 radical (unpaired) electrons. The summed E-state index contributed by atoms with van der Waals surface area (Å²) in [5, 5.41) is 1.97. The highest BCUT2D eigenvalue weighted by atomic mass is 32.1. The summed E-state index contributed by atoms with van der Waals surface area (Å²) in [5.74, 6) is -0.499. The predicted octanol–water partition coefficient (Wildman–Crippen LogP) is 4.40. The van der Waals surface area contributed by atoms with Gasteiger partial charge in [0.25, 0.3) is 5.91 Å². The molecule has 0 bridgehead atoms. The van der Waals surface area contributed by atoms with Crippen molar-refractivity contribution >= 4 is 17.2 Å². The second kappa shape index (κ2) is 7.15. The smallest absolute Gasteiger partial charge is 0.348 e. The molecule has 1 aliphatic carbocycles. The SMILES string of the molecule is Cc1sc(C(F)(F)F)nc1C(=O)NC1CCN(Cc2ccccc2)C2(CC2)C1. The van der Waals surface area contributed by atoms with Gasteiger partial charge in [-0.25, -0.2) is 4.98 Å². The highest BCUT2D eigenvalue weighted by Gasteiger charge is 2.51.